The molecular formula is C15H10ClFIN5O. The van der Waals surface area contributed by atoms with E-state index in [4.69, 9.17) is 11.6 Å². The van der Waals surface area contributed by atoms with E-state index < -0.39 is 11.7 Å². The molecule has 0 atom stereocenters. The Balaban J connectivity index is 1.92. The van der Waals surface area contributed by atoms with Gasteiger partial charge < -0.3 is 5.32 Å². The summed E-state index contributed by atoms with van der Waals surface area (Å²) in [5.74, 6) is -0.437. The van der Waals surface area contributed by atoms with Crippen LogP contribution in [0.4, 0.5) is 10.1 Å². The number of anilines is 1. The Hall–Kier alpha value is -2.07. The largest absolute Gasteiger partial charge is 0.319 e. The number of nitrogens with one attached hydrogen (secondary N) is 1. The third-order valence-electron chi connectivity index (χ3n) is 3.24. The molecule has 3 aromatic rings. The van der Waals surface area contributed by atoms with Crippen molar-refractivity contribution in [3.63, 3.8) is 0 Å². The summed E-state index contributed by atoms with van der Waals surface area (Å²) in [5.41, 5.74) is 0.988. The van der Waals surface area contributed by atoms with Gasteiger partial charge in [0, 0.05) is 8.59 Å². The van der Waals surface area contributed by atoms with Gasteiger partial charge in [-0.3, -0.25) is 4.79 Å². The number of aryl methyl sites for hydroxylation is 1. The minimum atomic E-state index is -0.554. The Labute approximate surface area is 155 Å². The van der Waals surface area contributed by atoms with Gasteiger partial charge in [-0.1, -0.05) is 11.6 Å². The minimum absolute atomic E-state index is 0.0400. The van der Waals surface area contributed by atoms with Crippen molar-refractivity contribution in [1.29, 1.82) is 0 Å². The van der Waals surface area contributed by atoms with Crippen molar-refractivity contribution in [2.24, 2.45) is 0 Å². The van der Waals surface area contributed by atoms with Crippen LogP contribution in [0, 0.1) is 16.3 Å². The van der Waals surface area contributed by atoms with Crippen LogP contribution in [0.15, 0.2) is 36.4 Å². The van der Waals surface area contributed by atoms with E-state index >= 15 is 0 Å². The lowest BCUT2D eigenvalue weighted by Crippen LogP contribution is -2.15. The van der Waals surface area contributed by atoms with Crippen LogP contribution >= 0.6 is 34.2 Å². The van der Waals surface area contributed by atoms with Crippen molar-refractivity contribution in [1.82, 2.24) is 20.2 Å². The molecule has 0 fully saturated rings. The number of halogens is 3. The van der Waals surface area contributed by atoms with E-state index in [0.717, 1.165) is 0 Å². The third kappa shape index (κ3) is 3.39. The molecule has 122 valence electrons. The van der Waals surface area contributed by atoms with E-state index in [1.54, 1.807) is 25.1 Å². The molecule has 0 saturated heterocycles. The van der Waals surface area contributed by atoms with E-state index in [2.05, 4.69) is 20.8 Å². The molecule has 24 heavy (non-hydrogen) atoms. The molecule has 0 aliphatic carbocycles. The fourth-order valence-electron chi connectivity index (χ4n) is 2.07. The van der Waals surface area contributed by atoms with Crippen LogP contribution in [-0.4, -0.2) is 26.1 Å². The molecule has 1 N–H and O–H groups in total. The van der Waals surface area contributed by atoms with Crippen LogP contribution in [0.5, 0.6) is 0 Å². The number of nitrogens with zero attached hydrogens (tertiary/aromatic N) is 4. The van der Waals surface area contributed by atoms with Gasteiger partial charge >= 0.3 is 0 Å². The molecule has 3 rings (SSSR count). The second kappa shape index (κ2) is 6.81. The molecule has 1 heterocycles. The molecule has 9 heteroatoms. The lowest BCUT2D eigenvalue weighted by atomic mass is 10.2. The standard InChI is InChI=1S/C15H10ClFIN5O/c1-8-20-21-22-23(8)10-3-5-12(17)14(7-10)19-15(24)11-4-2-9(16)6-13(11)18/h2-7H,1H3,(H,19,24). The highest BCUT2D eigenvalue weighted by atomic mass is 127. The fraction of sp³-hybridized carbons (Fsp3) is 0.0667. The zero-order chi connectivity index (χ0) is 17.3. The highest BCUT2D eigenvalue weighted by Gasteiger charge is 2.14. The Kier molecular flexibility index (Phi) is 4.76. The van der Waals surface area contributed by atoms with Crippen molar-refractivity contribution in [2.75, 3.05) is 5.32 Å². The number of benzene rings is 2. The predicted octanol–water partition coefficient (Wildman–Crippen LogP) is 3.62. The maximum Gasteiger partial charge on any atom is 0.256 e. The average molecular weight is 458 g/mol. The van der Waals surface area contributed by atoms with Crippen molar-refractivity contribution in [3.05, 3.63) is 62.2 Å². The SMILES string of the molecule is Cc1nnnn1-c1ccc(F)c(NC(=O)c2ccc(Cl)cc2I)c1. The Morgan fingerprint density at radius 1 is 1.29 bits per heavy atom. The zero-order valence-corrected chi connectivity index (χ0v) is 15.2. The number of hydrogen-bond donors (Lipinski definition) is 1. The lowest BCUT2D eigenvalue weighted by molar-refractivity contribution is 0.102. The summed E-state index contributed by atoms with van der Waals surface area (Å²) in [6, 6.07) is 9.11. The molecule has 6 nitrogen and oxygen atoms in total. The maximum atomic E-state index is 14.1. The normalized spacial score (nSPS) is 10.7. The van der Waals surface area contributed by atoms with Gasteiger partial charge in [0.2, 0.25) is 0 Å². The highest BCUT2D eigenvalue weighted by Crippen LogP contribution is 2.22. The first kappa shape index (κ1) is 16.8. The van der Waals surface area contributed by atoms with Gasteiger partial charge in [0.1, 0.15) is 5.82 Å². The lowest BCUT2D eigenvalue weighted by Gasteiger charge is -2.10. The van der Waals surface area contributed by atoms with Crippen LogP contribution in [0.25, 0.3) is 5.69 Å². The summed E-state index contributed by atoms with van der Waals surface area (Å²) in [5, 5.41) is 14.2. The van der Waals surface area contributed by atoms with Gasteiger partial charge in [-0.25, -0.2) is 4.39 Å². The van der Waals surface area contributed by atoms with Gasteiger partial charge in [-0.05, 0) is 76.3 Å². The molecule has 0 saturated carbocycles. The fourth-order valence-corrected chi connectivity index (χ4v) is 3.19. The number of rotatable bonds is 3. The molecule has 2 aromatic carbocycles. The summed E-state index contributed by atoms with van der Waals surface area (Å²) in [4.78, 5) is 12.4. The number of tetrazole rings is 1. The number of carbonyl (C=O) groups excluding carboxylic acids is 1. The van der Waals surface area contributed by atoms with Gasteiger partial charge in [-0.15, -0.1) is 5.10 Å². The van der Waals surface area contributed by atoms with Crippen LogP contribution in [0.1, 0.15) is 16.2 Å². The molecule has 1 aromatic heterocycles. The summed E-state index contributed by atoms with van der Waals surface area (Å²) >= 11 is 7.88. The number of hydrogen-bond acceptors (Lipinski definition) is 4. The van der Waals surface area contributed by atoms with Crippen molar-refractivity contribution < 1.29 is 9.18 Å². The second-order valence-corrected chi connectivity index (χ2v) is 6.48. The molecule has 0 radical (unpaired) electrons. The molecular weight excluding hydrogens is 448 g/mol. The quantitative estimate of drug-likeness (QED) is 0.610. The van der Waals surface area contributed by atoms with E-state index in [1.807, 2.05) is 22.6 Å². The Morgan fingerprint density at radius 2 is 2.08 bits per heavy atom. The van der Waals surface area contributed by atoms with E-state index in [9.17, 15) is 9.18 Å². The first-order chi connectivity index (χ1) is 11.5. The first-order valence-corrected chi connectivity index (χ1v) is 8.22. The smallest absolute Gasteiger partial charge is 0.256 e. The molecule has 0 spiro atoms. The molecule has 1 amide bonds. The van der Waals surface area contributed by atoms with Gasteiger partial charge in [0.25, 0.3) is 5.91 Å². The summed E-state index contributed by atoms with van der Waals surface area (Å²) in [6.45, 7) is 1.72. The average Bonchev–Trinajstić information content (AvgIpc) is 2.95. The topological polar surface area (TPSA) is 72.7 Å². The number of carbonyl (C=O) groups is 1. The van der Waals surface area contributed by atoms with E-state index in [-0.39, 0.29) is 5.69 Å². The van der Waals surface area contributed by atoms with Crippen molar-refractivity contribution >= 4 is 45.8 Å². The first-order valence-electron chi connectivity index (χ1n) is 6.77. The third-order valence-corrected chi connectivity index (χ3v) is 4.37. The molecule has 0 aliphatic rings. The van der Waals surface area contributed by atoms with Crippen molar-refractivity contribution in [3.8, 4) is 5.69 Å². The van der Waals surface area contributed by atoms with Gasteiger partial charge in [0.05, 0.1) is 16.9 Å². The van der Waals surface area contributed by atoms with E-state index in [1.165, 1.54) is 22.9 Å². The monoisotopic (exact) mass is 457 g/mol. The highest BCUT2D eigenvalue weighted by molar-refractivity contribution is 14.1. The van der Waals surface area contributed by atoms with E-state index in [0.29, 0.717) is 25.7 Å². The number of aromatic nitrogens is 4. The van der Waals surface area contributed by atoms with Crippen LogP contribution in [-0.2, 0) is 0 Å². The number of amides is 1. The van der Waals surface area contributed by atoms with Crippen LogP contribution in [0.3, 0.4) is 0 Å². The Morgan fingerprint density at radius 3 is 2.75 bits per heavy atom. The molecule has 0 aliphatic heterocycles. The van der Waals surface area contributed by atoms with Crippen LogP contribution in [0.2, 0.25) is 5.02 Å². The van der Waals surface area contributed by atoms with Crippen LogP contribution < -0.4 is 5.32 Å². The predicted molar refractivity (Wildman–Crippen MR) is 96.0 cm³/mol. The van der Waals surface area contributed by atoms with Gasteiger partial charge in [0.15, 0.2) is 5.82 Å². The summed E-state index contributed by atoms with van der Waals surface area (Å²) < 4.78 is 16.2. The second-order valence-electron chi connectivity index (χ2n) is 4.88. The molecule has 0 bridgehead atoms. The summed E-state index contributed by atoms with van der Waals surface area (Å²) in [6.07, 6.45) is 0. The summed E-state index contributed by atoms with van der Waals surface area (Å²) in [7, 11) is 0. The molecule has 0 unspecified atom stereocenters. The minimum Gasteiger partial charge on any atom is -0.319 e. The zero-order valence-electron chi connectivity index (χ0n) is 12.3. The van der Waals surface area contributed by atoms with Gasteiger partial charge in [-0.2, -0.15) is 4.68 Å². The Bertz CT molecular complexity index is 930. The van der Waals surface area contributed by atoms with Crippen molar-refractivity contribution in [2.45, 2.75) is 6.92 Å². The maximum absolute atomic E-state index is 14.1.